The summed E-state index contributed by atoms with van der Waals surface area (Å²) >= 11 is 4.18. The van der Waals surface area contributed by atoms with E-state index in [1.165, 1.54) is 12.1 Å². The van der Waals surface area contributed by atoms with Gasteiger partial charge < -0.3 is 10.4 Å². The maximum absolute atomic E-state index is 13.2. The third kappa shape index (κ3) is 6.99. The Balaban J connectivity index is 2.06. The summed E-state index contributed by atoms with van der Waals surface area (Å²) in [4.78, 5) is 23.2. The van der Waals surface area contributed by atoms with Gasteiger partial charge in [-0.2, -0.15) is 17.7 Å². The molecule has 2 N–H and O–H groups in total. The van der Waals surface area contributed by atoms with E-state index in [9.17, 15) is 14.0 Å². The van der Waals surface area contributed by atoms with Crippen LogP contribution >= 0.6 is 12.6 Å². The zero-order valence-corrected chi connectivity index (χ0v) is 16.6. The molecule has 2 rings (SSSR count). The first-order valence-electron chi connectivity index (χ1n) is 9.46. The molecule has 28 heavy (non-hydrogen) atoms. The van der Waals surface area contributed by atoms with Crippen LogP contribution in [-0.2, 0) is 11.3 Å². The summed E-state index contributed by atoms with van der Waals surface area (Å²) in [6.45, 7) is 0.930. The summed E-state index contributed by atoms with van der Waals surface area (Å²) in [7, 11) is 0. The molecule has 0 saturated heterocycles. The fraction of sp³-hybridized carbons (Fsp3) is 0.450. The Labute approximate surface area is 169 Å². The molecule has 0 radical (unpaired) electrons. The molecule has 8 heteroatoms. The molecular formula is C20H26FN3O3S. The van der Waals surface area contributed by atoms with Crippen molar-refractivity contribution in [3.8, 4) is 11.3 Å². The van der Waals surface area contributed by atoms with E-state index >= 15 is 0 Å². The van der Waals surface area contributed by atoms with Gasteiger partial charge >= 0.3 is 5.97 Å². The molecule has 0 aliphatic rings. The highest BCUT2D eigenvalue weighted by molar-refractivity contribution is 7.80. The van der Waals surface area contributed by atoms with Gasteiger partial charge in [-0.15, -0.1) is 0 Å². The quantitative estimate of drug-likeness (QED) is 0.369. The predicted molar refractivity (Wildman–Crippen MR) is 109 cm³/mol. The molecule has 1 heterocycles. The number of aliphatic carboxylic acids is 1. The van der Waals surface area contributed by atoms with Crippen LogP contribution in [-0.4, -0.2) is 39.1 Å². The third-order valence-electron chi connectivity index (χ3n) is 4.28. The average Bonchev–Trinajstić information content (AvgIpc) is 3.09. The maximum atomic E-state index is 13.2. The molecule has 152 valence electrons. The van der Waals surface area contributed by atoms with Gasteiger partial charge in [0, 0.05) is 25.1 Å². The van der Waals surface area contributed by atoms with Gasteiger partial charge in [-0.05, 0) is 55.3 Å². The molecule has 1 aromatic heterocycles. The lowest BCUT2D eigenvalue weighted by Gasteiger charge is -2.06. The van der Waals surface area contributed by atoms with Crippen LogP contribution < -0.4 is 5.32 Å². The first kappa shape index (κ1) is 21.9. The van der Waals surface area contributed by atoms with Gasteiger partial charge in [0.15, 0.2) is 5.69 Å². The van der Waals surface area contributed by atoms with Crippen molar-refractivity contribution in [3.63, 3.8) is 0 Å². The SMILES string of the molecule is O=C(O)CCCn1nc(C(=O)NCCCCCCS)cc1-c1ccc(F)cc1. The Morgan fingerprint density at radius 1 is 1.11 bits per heavy atom. The minimum absolute atomic E-state index is 0.0104. The van der Waals surface area contributed by atoms with Crippen molar-refractivity contribution in [1.29, 1.82) is 0 Å². The summed E-state index contributed by atoms with van der Waals surface area (Å²) in [5, 5.41) is 16.0. The fourth-order valence-electron chi connectivity index (χ4n) is 2.81. The number of carbonyl (C=O) groups excluding carboxylic acids is 1. The number of carboxylic acid groups (broad SMARTS) is 1. The lowest BCUT2D eigenvalue weighted by molar-refractivity contribution is -0.137. The van der Waals surface area contributed by atoms with Crippen molar-refractivity contribution in [2.24, 2.45) is 0 Å². The molecule has 0 aliphatic heterocycles. The second kappa shape index (κ2) is 11.5. The number of amides is 1. The number of nitrogens with zero attached hydrogens (tertiary/aromatic N) is 2. The van der Waals surface area contributed by atoms with Crippen molar-refractivity contribution in [2.75, 3.05) is 12.3 Å². The highest BCUT2D eigenvalue weighted by Crippen LogP contribution is 2.22. The number of hydrogen-bond donors (Lipinski definition) is 3. The van der Waals surface area contributed by atoms with E-state index in [1.54, 1.807) is 22.9 Å². The zero-order valence-electron chi connectivity index (χ0n) is 15.7. The summed E-state index contributed by atoms with van der Waals surface area (Å²) < 4.78 is 14.8. The van der Waals surface area contributed by atoms with Crippen LogP contribution in [0.15, 0.2) is 30.3 Å². The van der Waals surface area contributed by atoms with Crippen LogP contribution in [0, 0.1) is 5.82 Å². The minimum Gasteiger partial charge on any atom is -0.481 e. The first-order valence-corrected chi connectivity index (χ1v) is 10.1. The first-order chi connectivity index (χ1) is 13.5. The van der Waals surface area contributed by atoms with E-state index < -0.39 is 5.97 Å². The van der Waals surface area contributed by atoms with Crippen LogP contribution in [0.2, 0.25) is 0 Å². The van der Waals surface area contributed by atoms with Crippen molar-refractivity contribution in [2.45, 2.75) is 45.1 Å². The van der Waals surface area contributed by atoms with Crippen molar-refractivity contribution in [1.82, 2.24) is 15.1 Å². The number of rotatable bonds is 12. The summed E-state index contributed by atoms with van der Waals surface area (Å²) in [5.41, 5.74) is 1.64. The summed E-state index contributed by atoms with van der Waals surface area (Å²) in [6, 6.07) is 7.57. The topological polar surface area (TPSA) is 84.2 Å². The lowest BCUT2D eigenvalue weighted by atomic mass is 10.1. The van der Waals surface area contributed by atoms with Gasteiger partial charge in [0.25, 0.3) is 5.91 Å². The standard InChI is InChI=1S/C20H26FN3O3S/c21-16-9-7-15(8-10-16)18-14-17(23-24(18)12-5-6-19(25)26)20(27)22-11-3-1-2-4-13-28/h7-10,14,28H,1-6,11-13H2,(H,22,27)(H,25,26). The third-order valence-corrected chi connectivity index (χ3v) is 4.60. The van der Waals surface area contributed by atoms with E-state index in [1.807, 2.05) is 0 Å². The highest BCUT2D eigenvalue weighted by atomic mass is 32.1. The van der Waals surface area contributed by atoms with Gasteiger partial charge in [0.05, 0.1) is 5.69 Å². The zero-order chi connectivity index (χ0) is 20.4. The number of benzene rings is 1. The number of thiol groups is 1. The molecule has 0 atom stereocenters. The van der Waals surface area contributed by atoms with E-state index in [-0.39, 0.29) is 23.8 Å². The molecule has 2 aromatic rings. The number of hydrogen-bond acceptors (Lipinski definition) is 4. The number of carboxylic acids is 1. The number of unbranched alkanes of at least 4 members (excludes halogenated alkanes) is 3. The monoisotopic (exact) mass is 407 g/mol. The molecule has 1 amide bonds. The number of nitrogens with one attached hydrogen (secondary N) is 1. The smallest absolute Gasteiger partial charge is 0.303 e. The predicted octanol–water partition coefficient (Wildman–Crippen LogP) is 3.77. The Bertz CT molecular complexity index is 778. The molecule has 1 aromatic carbocycles. The second-order valence-corrected chi connectivity index (χ2v) is 6.98. The average molecular weight is 408 g/mol. The van der Waals surface area contributed by atoms with Crippen LogP contribution in [0.25, 0.3) is 11.3 Å². The molecule has 0 aliphatic carbocycles. The summed E-state index contributed by atoms with van der Waals surface area (Å²) in [6.07, 6.45) is 4.48. The minimum atomic E-state index is -0.883. The van der Waals surface area contributed by atoms with Gasteiger partial charge in [0.2, 0.25) is 0 Å². The van der Waals surface area contributed by atoms with Gasteiger partial charge in [-0.25, -0.2) is 4.39 Å². The molecular weight excluding hydrogens is 381 g/mol. The van der Waals surface area contributed by atoms with Crippen molar-refractivity contribution < 1.29 is 19.1 Å². The van der Waals surface area contributed by atoms with Gasteiger partial charge in [0.1, 0.15) is 5.82 Å². The van der Waals surface area contributed by atoms with Crippen LogP contribution in [0.5, 0.6) is 0 Å². The van der Waals surface area contributed by atoms with Crippen LogP contribution in [0.4, 0.5) is 4.39 Å². The number of aromatic nitrogens is 2. The molecule has 0 saturated carbocycles. The van der Waals surface area contributed by atoms with E-state index in [2.05, 4.69) is 23.0 Å². The normalized spacial score (nSPS) is 10.8. The Morgan fingerprint density at radius 3 is 2.50 bits per heavy atom. The van der Waals surface area contributed by atoms with E-state index in [4.69, 9.17) is 5.11 Å². The van der Waals surface area contributed by atoms with Crippen LogP contribution in [0.3, 0.4) is 0 Å². The van der Waals surface area contributed by atoms with E-state index in [0.717, 1.165) is 37.0 Å². The molecule has 0 unspecified atom stereocenters. The number of aryl methyl sites for hydroxylation is 1. The van der Waals surface area contributed by atoms with Gasteiger partial charge in [-0.3, -0.25) is 14.3 Å². The Kier molecular flexibility index (Phi) is 9.00. The Hall–Kier alpha value is -2.35. The fourth-order valence-corrected chi connectivity index (χ4v) is 3.04. The molecule has 0 fully saturated rings. The van der Waals surface area contributed by atoms with Crippen molar-refractivity contribution >= 4 is 24.5 Å². The number of halogens is 1. The molecule has 0 bridgehead atoms. The molecule has 0 spiro atoms. The number of carbonyl (C=O) groups is 2. The van der Waals surface area contributed by atoms with Crippen LogP contribution in [0.1, 0.15) is 49.0 Å². The second-order valence-electron chi connectivity index (χ2n) is 6.54. The Morgan fingerprint density at radius 2 is 1.82 bits per heavy atom. The highest BCUT2D eigenvalue weighted by Gasteiger charge is 2.15. The lowest BCUT2D eigenvalue weighted by Crippen LogP contribution is -2.25. The van der Waals surface area contributed by atoms with Crippen molar-refractivity contribution in [3.05, 3.63) is 41.8 Å². The summed E-state index contributed by atoms with van der Waals surface area (Å²) in [5.74, 6) is -0.629. The maximum Gasteiger partial charge on any atom is 0.303 e. The molecule has 6 nitrogen and oxygen atoms in total. The largest absolute Gasteiger partial charge is 0.481 e. The van der Waals surface area contributed by atoms with Gasteiger partial charge in [-0.1, -0.05) is 12.8 Å². The van der Waals surface area contributed by atoms with E-state index in [0.29, 0.717) is 25.2 Å².